The molecule has 21 heavy (non-hydrogen) atoms. The van der Waals surface area contributed by atoms with Gasteiger partial charge in [-0.2, -0.15) is 5.10 Å². The SMILES string of the molecule is Cc1ccc(C)c(-c2nn(-c3ccccc3)cc2C=O)c1. The topological polar surface area (TPSA) is 34.9 Å². The lowest BCUT2D eigenvalue weighted by Gasteiger charge is -2.05. The lowest BCUT2D eigenvalue weighted by atomic mass is 10.0. The molecule has 3 heteroatoms. The number of rotatable bonds is 3. The van der Waals surface area contributed by atoms with E-state index in [0.717, 1.165) is 34.4 Å². The summed E-state index contributed by atoms with van der Waals surface area (Å²) in [5.74, 6) is 0. The van der Waals surface area contributed by atoms with Gasteiger partial charge in [-0.05, 0) is 37.6 Å². The molecule has 1 heterocycles. The largest absolute Gasteiger partial charge is 0.298 e. The minimum absolute atomic E-state index is 0.604. The average molecular weight is 276 g/mol. The van der Waals surface area contributed by atoms with Crippen LogP contribution in [0, 0.1) is 13.8 Å². The van der Waals surface area contributed by atoms with Crippen LogP contribution in [0.25, 0.3) is 16.9 Å². The van der Waals surface area contributed by atoms with Gasteiger partial charge in [0, 0.05) is 11.8 Å². The van der Waals surface area contributed by atoms with Gasteiger partial charge in [0.1, 0.15) is 5.69 Å². The molecule has 1 aromatic heterocycles. The Bertz CT molecular complexity index is 788. The molecule has 0 unspecified atom stereocenters. The Kier molecular flexibility index (Phi) is 3.40. The molecule has 104 valence electrons. The summed E-state index contributed by atoms with van der Waals surface area (Å²) < 4.78 is 1.75. The first-order valence-corrected chi connectivity index (χ1v) is 6.87. The number of para-hydroxylation sites is 1. The normalized spacial score (nSPS) is 10.6. The molecular formula is C18H16N2O. The number of aromatic nitrogens is 2. The Labute approximate surface area is 123 Å². The molecule has 0 aliphatic heterocycles. The van der Waals surface area contributed by atoms with E-state index in [1.54, 1.807) is 10.9 Å². The Hall–Kier alpha value is -2.68. The van der Waals surface area contributed by atoms with Crippen LogP contribution in [0.15, 0.2) is 54.7 Å². The summed E-state index contributed by atoms with van der Waals surface area (Å²) >= 11 is 0. The van der Waals surface area contributed by atoms with E-state index in [0.29, 0.717) is 5.56 Å². The standard InChI is InChI=1S/C18H16N2O/c1-13-8-9-14(2)17(10-13)18-15(12-21)11-20(19-18)16-6-4-3-5-7-16/h3-12H,1-2H3. The Morgan fingerprint density at radius 1 is 1.05 bits per heavy atom. The second-order valence-electron chi connectivity index (χ2n) is 5.15. The molecule has 0 aliphatic carbocycles. The number of carbonyl (C=O) groups excluding carboxylic acids is 1. The third kappa shape index (κ3) is 2.50. The van der Waals surface area contributed by atoms with E-state index in [-0.39, 0.29) is 0 Å². The Balaban J connectivity index is 2.17. The van der Waals surface area contributed by atoms with E-state index in [1.807, 2.05) is 44.2 Å². The predicted octanol–water partition coefficient (Wildman–Crippen LogP) is 3.97. The van der Waals surface area contributed by atoms with E-state index >= 15 is 0 Å². The zero-order chi connectivity index (χ0) is 14.8. The zero-order valence-electron chi connectivity index (χ0n) is 12.1. The number of nitrogens with zero attached hydrogens (tertiary/aromatic N) is 2. The van der Waals surface area contributed by atoms with Crippen LogP contribution in [-0.2, 0) is 0 Å². The van der Waals surface area contributed by atoms with Crippen molar-refractivity contribution in [3.05, 3.63) is 71.4 Å². The molecule has 3 aromatic rings. The van der Waals surface area contributed by atoms with Crippen LogP contribution < -0.4 is 0 Å². The van der Waals surface area contributed by atoms with Crippen molar-refractivity contribution in [1.82, 2.24) is 9.78 Å². The fraction of sp³-hybridized carbons (Fsp3) is 0.111. The smallest absolute Gasteiger partial charge is 0.153 e. The minimum atomic E-state index is 0.604. The molecule has 0 N–H and O–H groups in total. The summed E-state index contributed by atoms with van der Waals surface area (Å²) in [4.78, 5) is 11.4. The van der Waals surface area contributed by atoms with Crippen molar-refractivity contribution in [3.8, 4) is 16.9 Å². The van der Waals surface area contributed by atoms with E-state index < -0.39 is 0 Å². The van der Waals surface area contributed by atoms with Gasteiger partial charge >= 0.3 is 0 Å². The van der Waals surface area contributed by atoms with Gasteiger partial charge in [-0.25, -0.2) is 4.68 Å². The molecule has 0 fully saturated rings. The molecule has 0 atom stereocenters. The number of aldehydes is 1. The van der Waals surface area contributed by atoms with Crippen LogP contribution in [0.1, 0.15) is 21.5 Å². The number of hydrogen-bond donors (Lipinski definition) is 0. The van der Waals surface area contributed by atoms with E-state index in [9.17, 15) is 4.79 Å². The van der Waals surface area contributed by atoms with Gasteiger partial charge < -0.3 is 0 Å². The minimum Gasteiger partial charge on any atom is -0.298 e. The molecule has 0 amide bonds. The second-order valence-corrected chi connectivity index (χ2v) is 5.15. The van der Waals surface area contributed by atoms with Gasteiger partial charge in [-0.1, -0.05) is 35.9 Å². The average Bonchev–Trinajstić information content (AvgIpc) is 2.94. The van der Waals surface area contributed by atoms with Crippen molar-refractivity contribution in [2.24, 2.45) is 0 Å². The summed E-state index contributed by atoms with van der Waals surface area (Å²) in [6.07, 6.45) is 2.64. The van der Waals surface area contributed by atoms with Crippen molar-refractivity contribution in [3.63, 3.8) is 0 Å². The molecule has 0 bridgehead atoms. The molecule has 0 spiro atoms. The highest BCUT2D eigenvalue weighted by molar-refractivity contribution is 5.86. The molecule has 0 saturated carbocycles. The fourth-order valence-corrected chi connectivity index (χ4v) is 2.39. The Morgan fingerprint density at radius 2 is 1.81 bits per heavy atom. The van der Waals surface area contributed by atoms with Gasteiger partial charge in [0.2, 0.25) is 0 Å². The van der Waals surface area contributed by atoms with Crippen molar-refractivity contribution in [2.75, 3.05) is 0 Å². The number of carbonyl (C=O) groups is 1. The van der Waals surface area contributed by atoms with Crippen LogP contribution in [0.4, 0.5) is 0 Å². The fourth-order valence-electron chi connectivity index (χ4n) is 2.39. The summed E-state index contributed by atoms with van der Waals surface area (Å²) in [5.41, 5.74) is 5.55. The van der Waals surface area contributed by atoms with Gasteiger partial charge in [-0.3, -0.25) is 4.79 Å². The zero-order valence-corrected chi connectivity index (χ0v) is 12.1. The maximum absolute atomic E-state index is 11.4. The molecule has 0 radical (unpaired) electrons. The summed E-state index contributed by atoms with van der Waals surface area (Å²) in [7, 11) is 0. The third-order valence-electron chi connectivity index (χ3n) is 3.54. The van der Waals surface area contributed by atoms with Crippen molar-refractivity contribution >= 4 is 6.29 Å². The van der Waals surface area contributed by atoms with Crippen molar-refractivity contribution < 1.29 is 4.79 Å². The second kappa shape index (κ2) is 5.37. The summed E-state index contributed by atoms with van der Waals surface area (Å²) in [6, 6.07) is 16.0. The van der Waals surface area contributed by atoms with Gasteiger partial charge in [0.15, 0.2) is 6.29 Å². The van der Waals surface area contributed by atoms with Crippen LogP contribution >= 0.6 is 0 Å². The first-order valence-electron chi connectivity index (χ1n) is 6.87. The highest BCUT2D eigenvalue weighted by atomic mass is 16.1. The van der Waals surface area contributed by atoms with Crippen molar-refractivity contribution in [2.45, 2.75) is 13.8 Å². The lowest BCUT2D eigenvalue weighted by molar-refractivity contribution is 0.112. The highest BCUT2D eigenvalue weighted by Crippen LogP contribution is 2.26. The molecular weight excluding hydrogens is 260 g/mol. The van der Waals surface area contributed by atoms with E-state index in [2.05, 4.69) is 23.3 Å². The van der Waals surface area contributed by atoms with Crippen LogP contribution in [-0.4, -0.2) is 16.1 Å². The van der Waals surface area contributed by atoms with Crippen LogP contribution in [0.3, 0.4) is 0 Å². The first-order chi connectivity index (χ1) is 10.2. The van der Waals surface area contributed by atoms with Crippen molar-refractivity contribution in [1.29, 1.82) is 0 Å². The monoisotopic (exact) mass is 276 g/mol. The number of aryl methyl sites for hydroxylation is 2. The Morgan fingerprint density at radius 3 is 2.52 bits per heavy atom. The molecule has 3 rings (SSSR count). The highest BCUT2D eigenvalue weighted by Gasteiger charge is 2.13. The van der Waals surface area contributed by atoms with Gasteiger partial charge in [0.25, 0.3) is 0 Å². The van der Waals surface area contributed by atoms with E-state index in [4.69, 9.17) is 0 Å². The summed E-state index contributed by atoms with van der Waals surface area (Å²) in [5, 5.41) is 4.61. The quantitative estimate of drug-likeness (QED) is 0.678. The molecule has 0 saturated heterocycles. The van der Waals surface area contributed by atoms with Crippen LogP contribution in [0.5, 0.6) is 0 Å². The third-order valence-corrected chi connectivity index (χ3v) is 3.54. The number of hydrogen-bond acceptors (Lipinski definition) is 2. The van der Waals surface area contributed by atoms with E-state index in [1.165, 1.54) is 0 Å². The number of benzene rings is 2. The first kappa shape index (κ1) is 13.3. The predicted molar refractivity (Wildman–Crippen MR) is 83.9 cm³/mol. The molecule has 0 aliphatic rings. The maximum atomic E-state index is 11.4. The maximum Gasteiger partial charge on any atom is 0.153 e. The van der Waals surface area contributed by atoms with Gasteiger partial charge in [0.05, 0.1) is 11.3 Å². The molecule has 3 nitrogen and oxygen atoms in total. The summed E-state index contributed by atoms with van der Waals surface area (Å²) in [6.45, 7) is 4.07. The van der Waals surface area contributed by atoms with Gasteiger partial charge in [-0.15, -0.1) is 0 Å². The lowest BCUT2D eigenvalue weighted by Crippen LogP contribution is -1.94. The molecule has 2 aromatic carbocycles. The van der Waals surface area contributed by atoms with Crippen LogP contribution in [0.2, 0.25) is 0 Å².